The van der Waals surface area contributed by atoms with Gasteiger partial charge < -0.3 is 5.32 Å². The maximum Gasteiger partial charge on any atom is 0.154 e. The van der Waals surface area contributed by atoms with E-state index < -0.39 is 16.0 Å². The standard InChI is InChI=1S/C8H16FNO2S/c1-7(9)3-5-13(11,12)8-2-4-10-6-8/h7-8,10H,2-6H2,1H3. The van der Waals surface area contributed by atoms with E-state index in [-0.39, 0.29) is 17.4 Å². The third kappa shape index (κ3) is 3.23. The molecule has 1 aliphatic heterocycles. The topological polar surface area (TPSA) is 46.2 Å². The van der Waals surface area contributed by atoms with Gasteiger partial charge in [-0.15, -0.1) is 0 Å². The minimum atomic E-state index is -3.06. The van der Waals surface area contributed by atoms with Crippen molar-refractivity contribution in [2.45, 2.75) is 31.2 Å². The second-order valence-corrected chi connectivity index (χ2v) is 5.95. The zero-order valence-corrected chi connectivity index (χ0v) is 8.61. The van der Waals surface area contributed by atoms with Crippen LogP contribution in [0.3, 0.4) is 0 Å². The summed E-state index contributed by atoms with van der Waals surface area (Å²) in [6, 6.07) is 0. The van der Waals surface area contributed by atoms with Crippen LogP contribution in [0.5, 0.6) is 0 Å². The smallest absolute Gasteiger partial charge is 0.154 e. The van der Waals surface area contributed by atoms with Gasteiger partial charge in [0.15, 0.2) is 9.84 Å². The van der Waals surface area contributed by atoms with E-state index in [9.17, 15) is 12.8 Å². The zero-order chi connectivity index (χ0) is 9.90. The van der Waals surface area contributed by atoms with E-state index in [1.165, 1.54) is 6.92 Å². The van der Waals surface area contributed by atoms with Gasteiger partial charge in [-0.2, -0.15) is 0 Å². The molecule has 0 aromatic rings. The molecule has 0 spiro atoms. The number of nitrogens with one attached hydrogen (secondary N) is 1. The van der Waals surface area contributed by atoms with Crippen molar-refractivity contribution in [3.05, 3.63) is 0 Å². The molecule has 1 N–H and O–H groups in total. The molecule has 5 heteroatoms. The summed E-state index contributed by atoms with van der Waals surface area (Å²) in [7, 11) is -3.06. The summed E-state index contributed by atoms with van der Waals surface area (Å²) in [6.45, 7) is 2.68. The number of halogens is 1. The molecule has 0 radical (unpaired) electrons. The average Bonchev–Trinajstić information content (AvgIpc) is 2.53. The van der Waals surface area contributed by atoms with E-state index in [2.05, 4.69) is 5.32 Å². The fourth-order valence-electron chi connectivity index (χ4n) is 1.43. The molecule has 0 aromatic carbocycles. The normalized spacial score (nSPS) is 26.2. The minimum Gasteiger partial charge on any atom is -0.315 e. The third-order valence-electron chi connectivity index (χ3n) is 2.32. The summed E-state index contributed by atoms with van der Waals surface area (Å²) in [5.74, 6) is -0.0169. The van der Waals surface area contributed by atoms with Gasteiger partial charge in [0, 0.05) is 6.54 Å². The van der Waals surface area contributed by atoms with E-state index in [1.54, 1.807) is 0 Å². The maximum absolute atomic E-state index is 12.4. The number of sulfone groups is 1. The summed E-state index contributed by atoms with van der Waals surface area (Å²) in [4.78, 5) is 0. The molecule has 0 aromatic heterocycles. The zero-order valence-electron chi connectivity index (χ0n) is 7.79. The molecule has 13 heavy (non-hydrogen) atoms. The summed E-state index contributed by atoms with van der Waals surface area (Å²) in [6.07, 6.45) is -0.230. The van der Waals surface area contributed by atoms with Gasteiger partial charge in [0.25, 0.3) is 0 Å². The first-order valence-electron chi connectivity index (χ1n) is 4.59. The van der Waals surface area contributed by atoms with Crippen LogP contribution in [-0.4, -0.2) is 38.7 Å². The predicted octanol–water partition coefficient (Wildman–Crippen LogP) is 0.511. The molecule has 1 rings (SSSR count). The minimum absolute atomic E-state index is 0.0169. The summed E-state index contributed by atoms with van der Waals surface area (Å²) < 4.78 is 35.5. The largest absolute Gasteiger partial charge is 0.315 e. The van der Waals surface area contributed by atoms with Gasteiger partial charge in [0.05, 0.1) is 17.2 Å². The molecule has 0 saturated carbocycles. The van der Waals surface area contributed by atoms with Crippen LogP contribution in [0.2, 0.25) is 0 Å². The Kier molecular flexibility index (Phi) is 3.67. The number of alkyl halides is 1. The monoisotopic (exact) mass is 209 g/mol. The Morgan fingerprint density at radius 1 is 1.62 bits per heavy atom. The molecule has 0 aliphatic carbocycles. The Bertz CT molecular complexity index is 245. The first-order chi connectivity index (χ1) is 6.02. The van der Waals surface area contributed by atoms with Crippen molar-refractivity contribution in [2.75, 3.05) is 18.8 Å². The lowest BCUT2D eigenvalue weighted by Crippen LogP contribution is -2.27. The third-order valence-corrected chi connectivity index (χ3v) is 4.55. The van der Waals surface area contributed by atoms with Gasteiger partial charge >= 0.3 is 0 Å². The van der Waals surface area contributed by atoms with Crippen LogP contribution in [0.25, 0.3) is 0 Å². The van der Waals surface area contributed by atoms with Crippen molar-refractivity contribution in [2.24, 2.45) is 0 Å². The van der Waals surface area contributed by atoms with Gasteiger partial charge in [-0.05, 0) is 26.3 Å². The molecule has 3 nitrogen and oxygen atoms in total. The van der Waals surface area contributed by atoms with Gasteiger partial charge in [-0.3, -0.25) is 0 Å². The number of hydrogen-bond acceptors (Lipinski definition) is 3. The fourth-order valence-corrected chi connectivity index (χ4v) is 3.26. The van der Waals surface area contributed by atoms with E-state index in [1.807, 2.05) is 0 Å². The van der Waals surface area contributed by atoms with Crippen LogP contribution in [-0.2, 0) is 9.84 Å². The van der Waals surface area contributed by atoms with Gasteiger partial charge in [-0.1, -0.05) is 0 Å². The van der Waals surface area contributed by atoms with Crippen molar-refractivity contribution in [1.82, 2.24) is 5.32 Å². The number of hydrogen-bond donors (Lipinski definition) is 1. The van der Waals surface area contributed by atoms with Gasteiger partial charge in [-0.25, -0.2) is 12.8 Å². The van der Waals surface area contributed by atoms with E-state index in [0.717, 1.165) is 6.54 Å². The summed E-state index contributed by atoms with van der Waals surface area (Å²) >= 11 is 0. The lowest BCUT2D eigenvalue weighted by Gasteiger charge is -2.10. The average molecular weight is 209 g/mol. The highest BCUT2D eigenvalue weighted by atomic mass is 32.2. The summed E-state index contributed by atoms with van der Waals surface area (Å²) in [5.41, 5.74) is 0. The lowest BCUT2D eigenvalue weighted by atomic mass is 10.3. The maximum atomic E-state index is 12.4. The summed E-state index contributed by atoms with van der Waals surface area (Å²) in [5, 5.41) is 2.71. The predicted molar refractivity (Wildman–Crippen MR) is 50.2 cm³/mol. The van der Waals surface area contributed by atoms with E-state index in [0.29, 0.717) is 13.0 Å². The quantitative estimate of drug-likeness (QED) is 0.734. The van der Waals surface area contributed by atoms with E-state index >= 15 is 0 Å². The van der Waals surface area contributed by atoms with Crippen LogP contribution in [0, 0.1) is 0 Å². The Labute approximate surface area is 78.6 Å². The molecule has 2 unspecified atom stereocenters. The second-order valence-electron chi connectivity index (χ2n) is 3.55. The molecule has 1 saturated heterocycles. The Morgan fingerprint density at radius 3 is 2.77 bits per heavy atom. The van der Waals surface area contributed by atoms with Crippen molar-refractivity contribution in [1.29, 1.82) is 0 Å². The van der Waals surface area contributed by atoms with Gasteiger partial charge in [0.2, 0.25) is 0 Å². The fraction of sp³-hybridized carbons (Fsp3) is 1.00. The molecule has 2 atom stereocenters. The van der Waals surface area contributed by atoms with Gasteiger partial charge in [0.1, 0.15) is 0 Å². The van der Waals surface area contributed by atoms with Crippen molar-refractivity contribution >= 4 is 9.84 Å². The Morgan fingerprint density at radius 2 is 2.31 bits per heavy atom. The highest BCUT2D eigenvalue weighted by Crippen LogP contribution is 2.13. The van der Waals surface area contributed by atoms with Crippen LogP contribution in [0.1, 0.15) is 19.8 Å². The molecule has 1 aliphatic rings. The van der Waals surface area contributed by atoms with Crippen LogP contribution >= 0.6 is 0 Å². The molecule has 1 heterocycles. The second kappa shape index (κ2) is 4.37. The van der Waals surface area contributed by atoms with E-state index in [4.69, 9.17) is 0 Å². The molecule has 0 amide bonds. The molecular weight excluding hydrogens is 193 g/mol. The first-order valence-corrected chi connectivity index (χ1v) is 6.30. The Balaban J connectivity index is 2.45. The van der Waals surface area contributed by atoms with Crippen molar-refractivity contribution in [3.63, 3.8) is 0 Å². The van der Waals surface area contributed by atoms with Crippen LogP contribution in [0.4, 0.5) is 4.39 Å². The van der Waals surface area contributed by atoms with Crippen LogP contribution < -0.4 is 5.32 Å². The van der Waals surface area contributed by atoms with Crippen molar-refractivity contribution in [3.8, 4) is 0 Å². The molecule has 1 fully saturated rings. The molecular formula is C8H16FNO2S. The highest BCUT2D eigenvalue weighted by Gasteiger charge is 2.28. The highest BCUT2D eigenvalue weighted by molar-refractivity contribution is 7.92. The van der Waals surface area contributed by atoms with Crippen LogP contribution in [0.15, 0.2) is 0 Å². The molecule has 0 bridgehead atoms. The molecule has 78 valence electrons. The Hall–Kier alpha value is -0.160. The lowest BCUT2D eigenvalue weighted by molar-refractivity contribution is 0.352. The SMILES string of the molecule is CC(F)CCS(=O)(=O)C1CCNC1. The number of rotatable bonds is 4. The van der Waals surface area contributed by atoms with Crippen molar-refractivity contribution < 1.29 is 12.8 Å². The first kappa shape index (κ1) is 10.9.